The number of carbonyl (C=O) groups is 1. The minimum Gasteiger partial charge on any atom is -0.355 e. The molecule has 1 saturated heterocycles. The number of hydrogen-bond donors (Lipinski definition) is 1. The van der Waals surface area contributed by atoms with E-state index >= 15 is 0 Å². The van der Waals surface area contributed by atoms with Crippen LogP contribution in [0.1, 0.15) is 17.9 Å². The van der Waals surface area contributed by atoms with Crippen LogP contribution in [0.15, 0.2) is 30.3 Å². The predicted octanol–water partition coefficient (Wildman–Crippen LogP) is 2.02. The zero-order valence-electron chi connectivity index (χ0n) is 9.27. The summed E-state index contributed by atoms with van der Waals surface area (Å²) in [7, 11) is 0. The second-order valence-electron chi connectivity index (χ2n) is 4.60. The Morgan fingerprint density at radius 2 is 2.12 bits per heavy atom. The quantitative estimate of drug-likeness (QED) is 0.846. The molecule has 1 aromatic rings. The van der Waals surface area contributed by atoms with Gasteiger partial charge in [0.15, 0.2) is 0 Å². The molecule has 1 saturated carbocycles. The van der Waals surface area contributed by atoms with Gasteiger partial charge in [-0.2, -0.15) is 0 Å². The molecule has 1 aliphatic carbocycles. The van der Waals surface area contributed by atoms with Crippen molar-refractivity contribution < 1.29 is 4.79 Å². The van der Waals surface area contributed by atoms with Gasteiger partial charge in [0.05, 0.1) is 0 Å². The van der Waals surface area contributed by atoms with E-state index in [2.05, 4.69) is 35.8 Å². The lowest BCUT2D eigenvalue weighted by Crippen LogP contribution is -2.53. The van der Waals surface area contributed by atoms with Crippen LogP contribution in [0.25, 0.3) is 0 Å². The average Bonchev–Trinajstić information content (AvgIpc) is 2.53. The van der Waals surface area contributed by atoms with Crippen LogP contribution in [0.4, 0.5) is 0 Å². The summed E-state index contributed by atoms with van der Waals surface area (Å²) in [5, 5.41) is 3.01. The number of fused-ring (bicyclic) bond motifs is 1. The number of hydrogen-bond acceptors (Lipinski definition) is 2. The Balaban J connectivity index is 1.97. The molecule has 0 spiro atoms. The largest absolute Gasteiger partial charge is 0.355 e. The fourth-order valence-corrected chi connectivity index (χ4v) is 4.45. The summed E-state index contributed by atoms with van der Waals surface area (Å²) in [5.41, 5.74) is 1.31. The van der Waals surface area contributed by atoms with E-state index in [1.807, 2.05) is 6.07 Å². The van der Waals surface area contributed by atoms with E-state index in [1.165, 1.54) is 5.56 Å². The standard InChI is InChI=1S/C13H15NOS/c1-16-13-10(8-14-12(13)15)7-11(13)9-5-3-2-4-6-9/h2-6,10-11H,7-8H2,1H3,(H,14,15)/t10?,11-,13-/m1/s1. The minimum absolute atomic E-state index is 0.179. The molecule has 1 unspecified atom stereocenters. The van der Waals surface area contributed by atoms with Gasteiger partial charge < -0.3 is 5.32 Å². The van der Waals surface area contributed by atoms with E-state index < -0.39 is 0 Å². The first-order valence-electron chi connectivity index (χ1n) is 5.67. The highest BCUT2D eigenvalue weighted by Gasteiger charge is 2.63. The molecule has 3 atom stereocenters. The maximum absolute atomic E-state index is 12.0. The van der Waals surface area contributed by atoms with Gasteiger partial charge in [-0.15, -0.1) is 11.8 Å². The Morgan fingerprint density at radius 3 is 2.75 bits per heavy atom. The Kier molecular flexibility index (Phi) is 2.25. The molecular formula is C13H15NOS. The maximum atomic E-state index is 12.0. The van der Waals surface area contributed by atoms with Crippen molar-refractivity contribution in [1.82, 2.24) is 5.32 Å². The minimum atomic E-state index is -0.179. The highest BCUT2D eigenvalue weighted by Crippen LogP contribution is 2.59. The van der Waals surface area contributed by atoms with Crippen molar-refractivity contribution in [2.75, 3.05) is 12.8 Å². The molecule has 2 nitrogen and oxygen atoms in total. The number of carbonyl (C=O) groups excluding carboxylic acids is 1. The molecule has 3 heteroatoms. The highest BCUT2D eigenvalue weighted by molar-refractivity contribution is 8.00. The van der Waals surface area contributed by atoms with Crippen molar-refractivity contribution in [2.45, 2.75) is 17.1 Å². The van der Waals surface area contributed by atoms with E-state index in [9.17, 15) is 4.79 Å². The van der Waals surface area contributed by atoms with Gasteiger partial charge >= 0.3 is 0 Å². The predicted molar refractivity (Wildman–Crippen MR) is 66.5 cm³/mol. The highest BCUT2D eigenvalue weighted by atomic mass is 32.2. The van der Waals surface area contributed by atoms with Crippen molar-refractivity contribution in [3.63, 3.8) is 0 Å². The average molecular weight is 233 g/mol. The van der Waals surface area contributed by atoms with Gasteiger partial charge in [0, 0.05) is 18.4 Å². The fraction of sp³-hybridized carbons (Fsp3) is 0.462. The maximum Gasteiger partial charge on any atom is 0.237 e. The van der Waals surface area contributed by atoms with Gasteiger partial charge in [0.2, 0.25) is 5.91 Å². The van der Waals surface area contributed by atoms with Crippen molar-refractivity contribution in [3.8, 4) is 0 Å². The lowest BCUT2D eigenvalue weighted by atomic mass is 9.62. The van der Waals surface area contributed by atoms with Crippen molar-refractivity contribution in [1.29, 1.82) is 0 Å². The lowest BCUT2D eigenvalue weighted by Gasteiger charge is -2.49. The second-order valence-corrected chi connectivity index (χ2v) is 5.69. The third kappa shape index (κ3) is 1.12. The van der Waals surface area contributed by atoms with Crippen LogP contribution in [0.2, 0.25) is 0 Å². The van der Waals surface area contributed by atoms with Gasteiger partial charge in [-0.3, -0.25) is 4.79 Å². The molecule has 0 aromatic heterocycles. The zero-order valence-corrected chi connectivity index (χ0v) is 10.1. The molecule has 1 aliphatic heterocycles. The first-order chi connectivity index (χ1) is 7.79. The van der Waals surface area contributed by atoms with Crippen LogP contribution in [0.5, 0.6) is 0 Å². The second kappa shape index (κ2) is 3.52. The summed E-state index contributed by atoms with van der Waals surface area (Å²) >= 11 is 1.73. The molecule has 1 aromatic carbocycles. The first-order valence-corrected chi connectivity index (χ1v) is 6.90. The van der Waals surface area contributed by atoms with Gasteiger partial charge in [-0.25, -0.2) is 0 Å². The molecule has 2 fully saturated rings. The lowest BCUT2D eigenvalue weighted by molar-refractivity contribution is -0.123. The Labute approximate surface area is 99.8 Å². The number of rotatable bonds is 2. The topological polar surface area (TPSA) is 29.1 Å². The van der Waals surface area contributed by atoms with Crippen LogP contribution in [-0.4, -0.2) is 23.5 Å². The normalized spacial score (nSPS) is 36.4. The van der Waals surface area contributed by atoms with Crippen LogP contribution in [0, 0.1) is 5.92 Å². The van der Waals surface area contributed by atoms with Gasteiger partial charge in [0.1, 0.15) is 4.75 Å². The molecule has 16 heavy (non-hydrogen) atoms. The van der Waals surface area contributed by atoms with E-state index in [4.69, 9.17) is 0 Å². The summed E-state index contributed by atoms with van der Waals surface area (Å²) in [6, 6.07) is 10.4. The molecule has 0 radical (unpaired) electrons. The van der Waals surface area contributed by atoms with Crippen molar-refractivity contribution in [3.05, 3.63) is 35.9 Å². The van der Waals surface area contributed by atoms with Crippen LogP contribution in [0.3, 0.4) is 0 Å². The molecule has 1 heterocycles. The summed E-state index contributed by atoms with van der Waals surface area (Å²) in [6.45, 7) is 0.864. The third-order valence-corrected chi connectivity index (χ3v) is 5.53. The van der Waals surface area contributed by atoms with E-state index in [0.717, 1.165) is 13.0 Å². The molecule has 0 bridgehead atoms. The van der Waals surface area contributed by atoms with Crippen LogP contribution in [-0.2, 0) is 4.79 Å². The van der Waals surface area contributed by atoms with Crippen molar-refractivity contribution >= 4 is 17.7 Å². The summed E-state index contributed by atoms with van der Waals surface area (Å²) in [4.78, 5) is 12.0. The first kappa shape index (κ1) is 10.2. The molecule has 1 N–H and O–H groups in total. The molecule has 3 rings (SSSR count). The van der Waals surface area contributed by atoms with E-state index in [1.54, 1.807) is 11.8 Å². The molecule has 1 amide bonds. The monoisotopic (exact) mass is 233 g/mol. The number of thioether (sulfide) groups is 1. The smallest absolute Gasteiger partial charge is 0.237 e. The Bertz CT molecular complexity index is 419. The van der Waals surface area contributed by atoms with Gasteiger partial charge in [-0.1, -0.05) is 30.3 Å². The summed E-state index contributed by atoms with van der Waals surface area (Å²) in [6.07, 6.45) is 3.20. The van der Waals surface area contributed by atoms with Gasteiger partial charge in [-0.05, 0) is 18.2 Å². The molecule has 84 valence electrons. The SMILES string of the molecule is CS[C@]12C(=O)NCC1C[C@@H]2c1ccccc1. The third-order valence-electron chi connectivity index (χ3n) is 4.05. The Morgan fingerprint density at radius 1 is 1.38 bits per heavy atom. The molecular weight excluding hydrogens is 218 g/mol. The van der Waals surface area contributed by atoms with E-state index in [-0.39, 0.29) is 10.7 Å². The number of benzene rings is 1. The summed E-state index contributed by atoms with van der Waals surface area (Å²) in [5.74, 6) is 1.17. The van der Waals surface area contributed by atoms with Crippen molar-refractivity contribution in [2.24, 2.45) is 5.92 Å². The number of amides is 1. The molecule has 2 aliphatic rings. The fourth-order valence-electron chi connectivity index (χ4n) is 3.16. The number of nitrogens with one attached hydrogen (secondary N) is 1. The Hall–Kier alpha value is -0.960. The van der Waals surface area contributed by atoms with Gasteiger partial charge in [0.25, 0.3) is 0 Å². The summed E-state index contributed by atoms with van der Waals surface area (Å²) < 4.78 is -0.179. The zero-order chi connectivity index (χ0) is 11.2. The van der Waals surface area contributed by atoms with Crippen LogP contribution >= 0.6 is 11.8 Å². The van der Waals surface area contributed by atoms with Crippen LogP contribution < -0.4 is 5.32 Å². The van der Waals surface area contributed by atoms with E-state index in [0.29, 0.717) is 11.8 Å².